The van der Waals surface area contributed by atoms with E-state index in [2.05, 4.69) is 26.0 Å². The van der Waals surface area contributed by atoms with E-state index in [9.17, 15) is 5.11 Å². The number of hydrogen-bond donors (Lipinski definition) is 1. The molecule has 1 aromatic rings. The fourth-order valence-corrected chi connectivity index (χ4v) is 3.11. The van der Waals surface area contributed by atoms with Gasteiger partial charge in [0.15, 0.2) is 0 Å². The van der Waals surface area contributed by atoms with Crippen LogP contribution in [0, 0.1) is 12.3 Å². The molecule has 98 valence electrons. The van der Waals surface area contributed by atoms with Crippen LogP contribution in [0.15, 0.2) is 29.8 Å². The maximum absolute atomic E-state index is 9.90. The molecular weight excluding hydrogens is 244 g/mol. The lowest BCUT2D eigenvalue weighted by molar-refractivity contribution is 0.138. The molecule has 0 spiro atoms. The minimum absolute atomic E-state index is 0.181. The van der Waals surface area contributed by atoms with Crippen LogP contribution < -0.4 is 0 Å². The largest absolute Gasteiger partial charge is 0.389 e. The van der Waals surface area contributed by atoms with Gasteiger partial charge < -0.3 is 5.11 Å². The second-order valence-electron chi connectivity index (χ2n) is 6.21. The van der Waals surface area contributed by atoms with Crippen molar-refractivity contribution in [3.8, 4) is 0 Å². The van der Waals surface area contributed by atoms with E-state index in [0.29, 0.717) is 0 Å². The van der Waals surface area contributed by atoms with Gasteiger partial charge in [0, 0.05) is 5.02 Å². The molecule has 1 aliphatic rings. The summed E-state index contributed by atoms with van der Waals surface area (Å²) in [4.78, 5) is 0. The number of hydrogen-bond acceptors (Lipinski definition) is 1. The highest BCUT2D eigenvalue weighted by Gasteiger charge is 2.27. The van der Waals surface area contributed by atoms with Crippen LogP contribution in [0.25, 0.3) is 0 Å². The summed E-state index contributed by atoms with van der Waals surface area (Å²) in [5.74, 6) is 0. The minimum Gasteiger partial charge on any atom is -0.389 e. The van der Waals surface area contributed by atoms with Crippen LogP contribution in [-0.2, 0) is 6.42 Å². The average molecular weight is 265 g/mol. The maximum Gasteiger partial charge on any atom is 0.0728 e. The lowest BCUT2D eigenvalue weighted by atomic mass is 9.75. The maximum atomic E-state index is 9.90. The van der Waals surface area contributed by atoms with Crippen molar-refractivity contribution in [1.29, 1.82) is 0 Å². The highest BCUT2D eigenvalue weighted by Crippen LogP contribution is 2.37. The molecule has 1 aromatic carbocycles. The van der Waals surface area contributed by atoms with E-state index >= 15 is 0 Å². The van der Waals surface area contributed by atoms with Crippen LogP contribution in [0.1, 0.15) is 37.8 Å². The molecule has 2 heteroatoms. The fraction of sp³-hybridized carbons (Fsp3) is 0.500. The summed E-state index contributed by atoms with van der Waals surface area (Å²) in [7, 11) is 0. The van der Waals surface area contributed by atoms with Gasteiger partial charge in [0.25, 0.3) is 0 Å². The van der Waals surface area contributed by atoms with E-state index in [1.807, 2.05) is 19.1 Å². The van der Waals surface area contributed by atoms with Crippen molar-refractivity contribution in [3.63, 3.8) is 0 Å². The predicted octanol–water partition coefficient (Wildman–Crippen LogP) is 4.30. The van der Waals surface area contributed by atoms with E-state index < -0.39 is 0 Å². The minimum atomic E-state index is -0.312. The molecule has 1 N–H and O–H groups in total. The molecule has 1 atom stereocenters. The van der Waals surface area contributed by atoms with Gasteiger partial charge in [0.2, 0.25) is 0 Å². The normalized spacial score (nSPS) is 22.7. The first kappa shape index (κ1) is 13.6. The number of rotatable bonds is 2. The van der Waals surface area contributed by atoms with Crippen LogP contribution in [-0.4, -0.2) is 11.2 Å². The van der Waals surface area contributed by atoms with Crippen molar-refractivity contribution in [1.82, 2.24) is 0 Å². The molecule has 18 heavy (non-hydrogen) atoms. The van der Waals surface area contributed by atoms with Crippen LogP contribution in [0.2, 0.25) is 5.02 Å². The van der Waals surface area contributed by atoms with Crippen molar-refractivity contribution in [2.24, 2.45) is 5.41 Å². The van der Waals surface area contributed by atoms with Gasteiger partial charge in [-0.05, 0) is 48.8 Å². The summed E-state index contributed by atoms with van der Waals surface area (Å²) in [6.45, 7) is 6.46. The zero-order chi connectivity index (χ0) is 13.3. The molecular formula is C16H21ClO. The number of benzene rings is 1. The zero-order valence-electron chi connectivity index (χ0n) is 11.3. The van der Waals surface area contributed by atoms with E-state index in [4.69, 9.17) is 11.6 Å². The van der Waals surface area contributed by atoms with E-state index in [1.165, 1.54) is 11.1 Å². The summed E-state index contributed by atoms with van der Waals surface area (Å²) in [5, 5.41) is 10.7. The Morgan fingerprint density at radius 3 is 2.72 bits per heavy atom. The Labute approximate surface area is 114 Å². The van der Waals surface area contributed by atoms with Crippen molar-refractivity contribution in [2.75, 3.05) is 0 Å². The highest BCUT2D eigenvalue weighted by atomic mass is 35.5. The van der Waals surface area contributed by atoms with Gasteiger partial charge in [0.05, 0.1) is 6.10 Å². The van der Waals surface area contributed by atoms with Gasteiger partial charge in [-0.3, -0.25) is 0 Å². The van der Waals surface area contributed by atoms with E-state index in [1.54, 1.807) is 0 Å². The Hall–Kier alpha value is -0.790. The Morgan fingerprint density at radius 1 is 1.39 bits per heavy atom. The average Bonchev–Trinajstić information content (AvgIpc) is 2.19. The highest BCUT2D eigenvalue weighted by molar-refractivity contribution is 6.31. The quantitative estimate of drug-likeness (QED) is 0.790. The van der Waals surface area contributed by atoms with Crippen molar-refractivity contribution >= 4 is 11.6 Å². The Kier molecular flexibility index (Phi) is 3.84. The van der Waals surface area contributed by atoms with Gasteiger partial charge in [0.1, 0.15) is 0 Å². The number of aryl methyl sites for hydroxylation is 1. The van der Waals surface area contributed by atoms with Crippen LogP contribution in [0.5, 0.6) is 0 Å². The third kappa shape index (κ3) is 3.37. The lowest BCUT2D eigenvalue weighted by Gasteiger charge is -2.32. The molecule has 0 saturated carbocycles. The van der Waals surface area contributed by atoms with Crippen molar-refractivity contribution < 1.29 is 5.11 Å². The molecule has 0 saturated heterocycles. The standard InChI is InChI=1S/C16H21ClO/c1-11-4-5-13(15(17)6-11)7-12-8-14(18)10-16(2,3)9-12/h4-6,8,14,18H,7,9-10H2,1-3H3. The van der Waals surface area contributed by atoms with Gasteiger partial charge in [-0.2, -0.15) is 0 Å². The lowest BCUT2D eigenvalue weighted by Crippen LogP contribution is -2.25. The first-order valence-electron chi connectivity index (χ1n) is 6.48. The number of aliphatic hydroxyl groups excluding tert-OH is 1. The molecule has 1 unspecified atom stereocenters. The van der Waals surface area contributed by atoms with Gasteiger partial charge in [-0.25, -0.2) is 0 Å². The summed E-state index contributed by atoms with van der Waals surface area (Å²) < 4.78 is 0. The third-order valence-electron chi connectivity index (χ3n) is 3.52. The Balaban J connectivity index is 2.18. The van der Waals surface area contributed by atoms with E-state index in [-0.39, 0.29) is 11.5 Å². The van der Waals surface area contributed by atoms with Crippen LogP contribution in [0.3, 0.4) is 0 Å². The zero-order valence-corrected chi connectivity index (χ0v) is 12.1. The second kappa shape index (κ2) is 5.07. The van der Waals surface area contributed by atoms with E-state index in [0.717, 1.165) is 29.8 Å². The summed E-state index contributed by atoms with van der Waals surface area (Å²) >= 11 is 6.27. The van der Waals surface area contributed by atoms with Gasteiger partial charge in [-0.1, -0.05) is 49.2 Å². The molecule has 0 fully saturated rings. The first-order chi connectivity index (χ1) is 8.35. The molecule has 0 bridgehead atoms. The third-order valence-corrected chi connectivity index (χ3v) is 3.87. The molecule has 1 aliphatic carbocycles. The van der Waals surface area contributed by atoms with Crippen LogP contribution >= 0.6 is 11.6 Å². The topological polar surface area (TPSA) is 20.2 Å². The smallest absolute Gasteiger partial charge is 0.0728 e. The van der Waals surface area contributed by atoms with Gasteiger partial charge >= 0.3 is 0 Å². The Bertz CT molecular complexity index is 474. The number of allylic oxidation sites excluding steroid dienone is 1. The molecule has 2 rings (SSSR count). The predicted molar refractivity (Wildman–Crippen MR) is 77.0 cm³/mol. The summed E-state index contributed by atoms with van der Waals surface area (Å²) in [6, 6.07) is 6.18. The summed E-state index contributed by atoms with van der Waals surface area (Å²) in [5.41, 5.74) is 3.81. The molecule has 0 radical (unpaired) electrons. The van der Waals surface area contributed by atoms with Crippen LogP contribution in [0.4, 0.5) is 0 Å². The van der Waals surface area contributed by atoms with Crippen molar-refractivity contribution in [3.05, 3.63) is 46.0 Å². The molecule has 0 aliphatic heterocycles. The molecule has 0 aromatic heterocycles. The molecule has 0 amide bonds. The summed E-state index contributed by atoms with van der Waals surface area (Å²) in [6.07, 6.45) is 4.42. The number of halogens is 1. The Morgan fingerprint density at radius 2 is 2.11 bits per heavy atom. The van der Waals surface area contributed by atoms with Gasteiger partial charge in [-0.15, -0.1) is 0 Å². The first-order valence-corrected chi connectivity index (χ1v) is 6.86. The molecule has 1 nitrogen and oxygen atoms in total. The SMILES string of the molecule is Cc1ccc(CC2=CC(O)CC(C)(C)C2)c(Cl)c1. The second-order valence-corrected chi connectivity index (χ2v) is 6.62. The number of aliphatic hydroxyl groups is 1. The molecule has 0 heterocycles. The van der Waals surface area contributed by atoms with Crippen molar-refractivity contribution in [2.45, 2.75) is 46.1 Å². The monoisotopic (exact) mass is 264 g/mol. The fourth-order valence-electron chi connectivity index (χ4n) is 2.80.